The topological polar surface area (TPSA) is 40.7 Å². The summed E-state index contributed by atoms with van der Waals surface area (Å²) in [5.41, 5.74) is 2.21. The van der Waals surface area contributed by atoms with Crippen LogP contribution in [0.15, 0.2) is 18.2 Å². The van der Waals surface area contributed by atoms with E-state index in [4.69, 9.17) is 0 Å². The second-order valence-electron chi connectivity index (χ2n) is 4.48. The molecule has 2 heterocycles. The van der Waals surface area contributed by atoms with Gasteiger partial charge in [-0.05, 0) is 60.6 Å². The molecule has 0 bridgehead atoms. The number of benzene rings is 1. The first-order chi connectivity index (χ1) is 7.72. The van der Waals surface area contributed by atoms with Crippen molar-refractivity contribution in [3.63, 3.8) is 0 Å². The van der Waals surface area contributed by atoms with E-state index >= 15 is 0 Å². The van der Waals surface area contributed by atoms with Gasteiger partial charge in [-0.1, -0.05) is 0 Å². The number of H-pyrrole nitrogens is 1. The van der Waals surface area contributed by atoms with Gasteiger partial charge in [-0.15, -0.1) is 0 Å². The van der Waals surface area contributed by atoms with Gasteiger partial charge in [0.05, 0.1) is 17.1 Å². The second-order valence-corrected chi connectivity index (χ2v) is 5.73. The van der Waals surface area contributed by atoms with E-state index in [0.717, 1.165) is 16.9 Å². The smallest absolute Gasteiger partial charge is 0.124 e. The Morgan fingerprint density at radius 2 is 2.25 bits per heavy atom. The molecule has 2 atom stereocenters. The van der Waals surface area contributed by atoms with Crippen LogP contribution in [0.5, 0.6) is 0 Å². The number of hydrogen-bond acceptors (Lipinski definition) is 2. The molecule has 1 aliphatic rings. The van der Waals surface area contributed by atoms with Crippen LogP contribution in [-0.2, 0) is 0 Å². The molecule has 3 rings (SSSR count). The lowest BCUT2D eigenvalue weighted by Gasteiger charge is -2.07. The maximum Gasteiger partial charge on any atom is 0.124 e. The number of halogens is 1. The van der Waals surface area contributed by atoms with Gasteiger partial charge in [0.2, 0.25) is 0 Å². The number of rotatable bonds is 1. The average Bonchev–Trinajstić information content (AvgIpc) is 2.83. The van der Waals surface area contributed by atoms with Gasteiger partial charge in [0.25, 0.3) is 0 Å². The number of nitrogens with zero attached hydrogens (tertiary/aromatic N) is 1. The second kappa shape index (κ2) is 4.00. The Labute approximate surface area is 108 Å². The quantitative estimate of drug-likeness (QED) is 0.791. The summed E-state index contributed by atoms with van der Waals surface area (Å²) in [5, 5.41) is 3.55. The van der Waals surface area contributed by atoms with Crippen molar-refractivity contribution in [3.8, 4) is 0 Å². The molecule has 16 heavy (non-hydrogen) atoms. The number of hydrogen-bond donors (Lipinski definition) is 2. The van der Waals surface area contributed by atoms with Gasteiger partial charge in [0, 0.05) is 9.61 Å². The molecule has 1 fully saturated rings. The normalized spacial score (nSPS) is 25.4. The van der Waals surface area contributed by atoms with Crippen LogP contribution in [0.4, 0.5) is 0 Å². The number of aromatic amines is 1. The molecule has 0 spiro atoms. The first-order valence-electron chi connectivity index (χ1n) is 5.63. The summed E-state index contributed by atoms with van der Waals surface area (Å²) < 4.78 is 1.24. The highest BCUT2D eigenvalue weighted by Crippen LogP contribution is 2.26. The monoisotopic (exact) mass is 327 g/mol. The fourth-order valence-electron chi connectivity index (χ4n) is 2.31. The van der Waals surface area contributed by atoms with Crippen molar-refractivity contribution in [2.45, 2.75) is 31.8 Å². The van der Waals surface area contributed by atoms with Gasteiger partial charge in [-0.3, -0.25) is 0 Å². The van der Waals surface area contributed by atoms with Crippen LogP contribution < -0.4 is 5.32 Å². The highest BCUT2D eigenvalue weighted by atomic mass is 127. The molecule has 0 radical (unpaired) electrons. The van der Waals surface area contributed by atoms with E-state index in [1.165, 1.54) is 16.4 Å². The van der Waals surface area contributed by atoms with E-state index in [2.05, 4.69) is 63.0 Å². The summed E-state index contributed by atoms with van der Waals surface area (Å²) in [6, 6.07) is 7.33. The molecule has 4 heteroatoms. The fourth-order valence-corrected chi connectivity index (χ4v) is 2.80. The van der Waals surface area contributed by atoms with E-state index in [1.807, 2.05) is 0 Å². The molecular formula is C12H14IN3. The third kappa shape index (κ3) is 1.84. The number of aromatic nitrogens is 2. The number of imidazole rings is 1. The summed E-state index contributed by atoms with van der Waals surface area (Å²) in [7, 11) is 0. The molecule has 0 saturated carbocycles. The average molecular weight is 327 g/mol. The summed E-state index contributed by atoms with van der Waals surface area (Å²) in [6.07, 6.45) is 2.41. The molecule has 0 amide bonds. The molecule has 0 unspecified atom stereocenters. The Bertz CT molecular complexity index is 520. The molecule has 84 valence electrons. The predicted molar refractivity (Wildman–Crippen MR) is 73.4 cm³/mol. The molecule has 1 aromatic carbocycles. The lowest BCUT2D eigenvalue weighted by atomic mass is 10.2. The maximum absolute atomic E-state index is 4.65. The molecule has 1 aliphatic heterocycles. The van der Waals surface area contributed by atoms with Gasteiger partial charge in [-0.25, -0.2) is 4.98 Å². The Morgan fingerprint density at radius 3 is 3.00 bits per heavy atom. The minimum absolute atomic E-state index is 0.403. The van der Waals surface area contributed by atoms with Crippen molar-refractivity contribution in [3.05, 3.63) is 27.6 Å². The zero-order chi connectivity index (χ0) is 11.1. The molecule has 0 aliphatic carbocycles. The number of nitrogens with one attached hydrogen (secondary N) is 2. The zero-order valence-electron chi connectivity index (χ0n) is 9.13. The van der Waals surface area contributed by atoms with Gasteiger partial charge in [-0.2, -0.15) is 0 Å². The van der Waals surface area contributed by atoms with Crippen molar-refractivity contribution in [2.75, 3.05) is 0 Å². The molecule has 2 N–H and O–H groups in total. The minimum atomic E-state index is 0.403. The lowest BCUT2D eigenvalue weighted by Crippen LogP contribution is -2.21. The summed E-state index contributed by atoms with van der Waals surface area (Å²) in [4.78, 5) is 8.07. The Kier molecular flexibility index (Phi) is 2.63. The SMILES string of the molecule is C[C@H]1CC[C@@H](c2nc3ccc(I)cc3[nH]2)N1. The standard InChI is InChI=1S/C12H14IN3/c1-7-2-4-10(14-7)12-15-9-5-3-8(13)6-11(9)16-12/h3,5-7,10,14H,2,4H2,1H3,(H,15,16)/t7-,10-/m0/s1. The van der Waals surface area contributed by atoms with Gasteiger partial charge in [0.15, 0.2) is 0 Å². The van der Waals surface area contributed by atoms with Crippen molar-refractivity contribution >= 4 is 33.6 Å². The van der Waals surface area contributed by atoms with Crippen LogP contribution in [-0.4, -0.2) is 16.0 Å². The molecule has 1 saturated heterocycles. The Balaban J connectivity index is 1.99. The molecule has 2 aromatic rings. The molecule has 1 aromatic heterocycles. The Hall–Kier alpha value is -0.620. The maximum atomic E-state index is 4.65. The Morgan fingerprint density at radius 1 is 1.38 bits per heavy atom. The van der Waals surface area contributed by atoms with Gasteiger partial charge >= 0.3 is 0 Å². The van der Waals surface area contributed by atoms with Crippen LogP contribution in [0.25, 0.3) is 11.0 Å². The van der Waals surface area contributed by atoms with Crippen LogP contribution >= 0.6 is 22.6 Å². The van der Waals surface area contributed by atoms with E-state index < -0.39 is 0 Å². The van der Waals surface area contributed by atoms with Crippen molar-refractivity contribution in [1.29, 1.82) is 0 Å². The number of fused-ring (bicyclic) bond motifs is 1. The third-order valence-corrected chi connectivity index (χ3v) is 3.84. The van der Waals surface area contributed by atoms with E-state index in [-0.39, 0.29) is 0 Å². The third-order valence-electron chi connectivity index (χ3n) is 3.17. The van der Waals surface area contributed by atoms with Crippen molar-refractivity contribution in [2.24, 2.45) is 0 Å². The minimum Gasteiger partial charge on any atom is -0.341 e. The first kappa shape index (κ1) is 10.5. The van der Waals surface area contributed by atoms with Crippen molar-refractivity contribution in [1.82, 2.24) is 15.3 Å². The fraction of sp³-hybridized carbons (Fsp3) is 0.417. The highest BCUT2D eigenvalue weighted by Gasteiger charge is 2.24. The van der Waals surface area contributed by atoms with Gasteiger partial charge in [0.1, 0.15) is 5.82 Å². The predicted octanol–water partition coefficient (Wildman–Crippen LogP) is 2.98. The van der Waals surface area contributed by atoms with Crippen LogP contribution in [0.3, 0.4) is 0 Å². The van der Waals surface area contributed by atoms with Crippen LogP contribution in [0, 0.1) is 3.57 Å². The highest BCUT2D eigenvalue weighted by molar-refractivity contribution is 14.1. The van der Waals surface area contributed by atoms with Crippen LogP contribution in [0.1, 0.15) is 31.6 Å². The lowest BCUT2D eigenvalue weighted by molar-refractivity contribution is 0.565. The first-order valence-corrected chi connectivity index (χ1v) is 6.71. The van der Waals surface area contributed by atoms with Crippen LogP contribution in [0.2, 0.25) is 0 Å². The molecule has 3 nitrogen and oxygen atoms in total. The largest absolute Gasteiger partial charge is 0.341 e. The summed E-state index contributed by atoms with van der Waals surface area (Å²) in [6.45, 7) is 2.23. The zero-order valence-corrected chi connectivity index (χ0v) is 11.3. The van der Waals surface area contributed by atoms with Gasteiger partial charge < -0.3 is 10.3 Å². The molecular weight excluding hydrogens is 313 g/mol. The summed E-state index contributed by atoms with van der Waals surface area (Å²) >= 11 is 2.33. The van der Waals surface area contributed by atoms with E-state index in [1.54, 1.807) is 0 Å². The van der Waals surface area contributed by atoms with Crippen molar-refractivity contribution < 1.29 is 0 Å². The van der Waals surface area contributed by atoms with E-state index in [9.17, 15) is 0 Å². The summed E-state index contributed by atoms with van der Waals surface area (Å²) in [5.74, 6) is 1.08. The van der Waals surface area contributed by atoms with E-state index in [0.29, 0.717) is 12.1 Å².